The largest absolute Gasteiger partial charge is 0.384 e. The highest BCUT2D eigenvalue weighted by Crippen LogP contribution is 2.17. The van der Waals surface area contributed by atoms with Gasteiger partial charge in [0.25, 0.3) is 0 Å². The number of hydrogen-bond donors (Lipinski definition) is 2. The van der Waals surface area contributed by atoms with Crippen LogP contribution in [0, 0.1) is 18.3 Å². The zero-order valence-electron chi connectivity index (χ0n) is 10.3. The first-order chi connectivity index (χ1) is 8.29. The maximum atomic E-state index is 9.05. The molecule has 1 aliphatic rings. The average molecular weight is 229 g/mol. The van der Waals surface area contributed by atoms with Crippen molar-refractivity contribution in [1.82, 2.24) is 5.32 Å². The van der Waals surface area contributed by atoms with Crippen LogP contribution >= 0.6 is 0 Å². The molecule has 17 heavy (non-hydrogen) atoms. The van der Waals surface area contributed by atoms with Crippen LogP contribution in [0.1, 0.15) is 30.4 Å². The van der Waals surface area contributed by atoms with Crippen LogP contribution in [-0.2, 0) is 0 Å². The number of hydrogen-bond acceptors (Lipinski definition) is 3. The minimum Gasteiger partial charge on any atom is -0.384 e. The molecule has 0 unspecified atom stereocenters. The fourth-order valence-electron chi connectivity index (χ4n) is 2.29. The third kappa shape index (κ3) is 3.21. The van der Waals surface area contributed by atoms with Gasteiger partial charge in [0.1, 0.15) is 6.07 Å². The maximum absolute atomic E-state index is 9.05. The van der Waals surface area contributed by atoms with E-state index in [9.17, 15) is 0 Å². The van der Waals surface area contributed by atoms with E-state index < -0.39 is 0 Å². The monoisotopic (exact) mass is 229 g/mol. The number of nitrogens with zero attached hydrogens (tertiary/aromatic N) is 1. The second-order valence-electron chi connectivity index (χ2n) is 4.67. The lowest BCUT2D eigenvalue weighted by Crippen LogP contribution is -2.24. The molecule has 0 amide bonds. The van der Waals surface area contributed by atoms with E-state index in [0.29, 0.717) is 6.04 Å². The van der Waals surface area contributed by atoms with Crippen LogP contribution in [0.3, 0.4) is 0 Å². The first-order valence-corrected chi connectivity index (χ1v) is 6.27. The molecule has 2 N–H and O–H groups in total. The molecule has 0 aromatic heterocycles. The van der Waals surface area contributed by atoms with E-state index in [4.69, 9.17) is 5.26 Å². The van der Waals surface area contributed by atoms with Gasteiger partial charge >= 0.3 is 0 Å². The van der Waals surface area contributed by atoms with Crippen LogP contribution in [0.4, 0.5) is 5.69 Å². The molecular weight excluding hydrogens is 210 g/mol. The first-order valence-electron chi connectivity index (χ1n) is 6.27. The van der Waals surface area contributed by atoms with E-state index in [-0.39, 0.29) is 0 Å². The van der Waals surface area contributed by atoms with Crippen LogP contribution < -0.4 is 10.6 Å². The van der Waals surface area contributed by atoms with Gasteiger partial charge in [0, 0.05) is 12.6 Å². The lowest BCUT2D eigenvalue weighted by Gasteiger charge is -2.12. The van der Waals surface area contributed by atoms with Crippen molar-refractivity contribution in [2.24, 2.45) is 0 Å². The summed E-state index contributed by atoms with van der Waals surface area (Å²) in [5.41, 5.74) is 2.82. The van der Waals surface area contributed by atoms with Gasteiger partial charge in [0.15, 0.2) is 0 Å². The number of aryl methyl sites for hydroxylation is 1. The summed E-state index contributed by atoms with van der Waals surface area (Å²) in [4.78, 5) is 0. The molecule has 3 heteroatoms. The zero-order valence-corrected chi connectivity index (χ0v) is 10.3. The van der Waals surface area contributed by atoms with Crippen LogP contribution in [0.25, 0.3) is 0 Å². The molecule has 0 saturated carbocycles. The topological polar surface area (TPSA) is 47.8 Å². The van der Waals surface area contributed by atoms with Gasteiger partial charge in [-0.25, -0.2) is 0 Å². The molecule has 0 radical (unpaired) electrons. The van der Waals surface area contributed by atoms with Crippen molar-refractivity contribution >= 4 is 5.69 Å². The van der Waals surface area contributed by atoms with Gasteiger partial charge in [0.05, 0.1) is 11.3 Å². The lowest BCUT2D eigenvalue weighted by molar-refractivity contribution is 0.574. The Balaban J connectivity index is 1.88. The molecule has 1 fully saturated rings. The Morgan fingerprint density at radius 2 is 2.41 bits per heavy atom. The number of nitriles is 1. The predicted molar refractivity (Wildman–Crippen MR) is 70.0 cm³/mol. The first kappa shape index (κ1) is 11.9. The second kappa shape index (κ2) is 5.70. The fourth-order valence-corrected chi connectivity index (χ4v) is 2.29. The van der Waals surface area contributed by atoms with E-state index in [1.54, 1.807) is 0 Å². The normalized spacial score (nSPS) is 18.9. The van der Waals surface area contributed by atoms with Crippen molar-refractivity contribution in [3.05, 3.63) is 29.3 Å². The summed E-state index contributed by atoms with van der Waals surface area (Å²) in [6, 6.07) is 8.85. The number of nitrogens with one attached hydrogen (secondary N) is 2. The molecule has 1 atom stereocenters. The average Bonchev–Trinajstić information content (AvgIpc) is 2.84. The highest BCUT2D eigenvalue weighted by atomic mass is 15.0. The van der Waals surface area contributed by atoms with Crippen molar-refractivity contribution in [3.8, 4) is 6.07 Å². The van der Waals surface area contributed by atoms with Crippen molar-refractivity contribution in [2.75, 3.05) is 18.4 Å². The SMILES string of the molecule is Cc1ccc(NCC[C@@H]2CCCN2)c(C#N)c1. The standard InChI is InChI=1S/C14H19N3/c1-11-4-5-14(12(9-11)10-15)17-8-6-13-3-2-7-16-13/h4-5,9,13,16-17H,2-3,6-8H2,1H3/t13-/m0/s1. The Morgan fingerprint density at radius 3 is 3.12 bits per heavy atom. The number of anilines is 1. The lowest BCUT2D eigenvalue weighted by atomic mass is 10.1. The number of rotatable bonds is 4. The van der Waals surface area contributed by atoms with Gasteiger partial charge in [-0.15, -0.1) is 0 Å². The quantitative estimate of drug-likeness (QED) is 0.833. The van der Waals surface area contributed by atoms with Gasteiger partial charge in [0.2, 0.25) is 0 Å². The van der Waals surface area contributed by atoms with E-state index >= 15 is 0 Å². The van der Waals surface area contributed by atoms with Gasteiger partial charge < -0.3 is 10.6 Å². The highest BCUT2D eigenvalue weighted by molar-refractivity contribution is 5.58. The summed E-state index contributed by atoms with van der Waals surface area (Å²) in [7, 11) is 0. The molecule has 1 aromatic rings. The van der Waals surface area contributed by atoms with E-state index in [2.05, 4.69) is 16.7 Å². The third-order valence-electron chi connectivity index (χ3n) is 3.27. The Morgan fingerprint density at radius 1 is 1.53 bits per heavy atom. The fraction of sp³-hybridized carbons (Fsp3) is 0.500. The minimum atomic E-state index is 0.651. The zero-order chi connectivity index (χ0) is 12.1. The molecule has 1 saturated heterocycles. The smallest absolute Gasteiger partial charge is 0.101 e. The van der Waals surface area contributed by atoms with Crippen LogP contribution in [0.15, 0.2) is 18.2 Å². The van der Waals surface area contributed by atoms with Crippen molar-refractivity contribution in [1.29, 1.82) is 5.26 Å². The molecule has 1 aromatic carbocycles. The maximum Gasteiger partial charge on any atom is 0.101 e. The van der Waals surface area contributed by atoms with Gasteiger partial charge in [-0.2, -0.15) is 5.26 Å². The van der Waals surface area contributed by atoms with E-state index in [0.717, 1.165) is 36.3 Å². The Hall–Kier alpha value is -1.53. The van der Waals surface area contributed by atoms with Crippen LogP contribution in [-0.4, -0.2) is 19.1 Å². The summed E-state index contributed by atoms with van der Waals surface area (Å²) < 4.78 is 0. The van der Waals surface area contributed by atoms with Gasteiger partial charge in [-0.3, -0.25) is 0 Å². The minimum absolute atomic E-state index is 0.651. The summed E-state index contributed by atoms with van der Waals surface area (Å²) in [6.45, 7) is 4.08. The molecule has 0 aliphatic carbocycles. The van der Waals surface area contributed by atoms with E-state index in [1.165, 1.54) is 12.8 Å². The Kier molecular flexibility index (Phi) is 4.00. The number of benzene rings is 1. The summed E-state index contributed by atoms with van der Waals surface area (Å²) >= 11 is 0. The van der Waals surface area contributed by atoms with Crippen LogP contribution in [0.2, 0.25) is 0 Å². The van der Waals surface area contributed by atoms with Crippen LogP contribution in [0.5, 0.6) is 0 Å². The predicted octanol–water partition coefficient (Wildman–Crippen LogP) is 2.42. The van der Waals surface area contributed by atoms with Gasteiger partial charge in [-0.05, 0) is 50.4 Å². The Labute approximate surface area is 103 Å². The molecule has 3 nitrogen and oxygen atoms in total. The second-order valence-corrected chi connectivity index (χ2v) is 4.67. The highest BCUT2D eigenvalue weighted by Gasteiger charge is 2.13. The van der Waals surface area contributed by atoms with Gasteiger partial charge in [-0.1, -0.05) is 6.07 Å². The Bertz CT molecular complexity index is 414. The molecule has 2 rings (SSSR count). The molecule has 0 spiro atoms. The summed E-state index contributed by atoms with van der Waals surface area (Å²) in [5.74, 6) is 0. The molecule has 90 valence electrons. The van der Waals surface area contributed by atoms with Crippen molar-refractivity contribution < 1.29 is 0 Å². The summed E-state index contributed by atoms with van der Waals surface area (Å²) in [5, 5.41) is 15.9. The molecular formula is C14H19N3. The summed E-state index contributed by atoms with van der Waals surface area (Å²) in [6.07, 6.45) is 3.69. The van der Waals surface area contributed by atoms with Crippen molar-refractivity contribution in [3.63, 3.8) is 0 Å². The molecule has 0 bridgehead atoms. The van der Waals surface area contributed by atoms with Crippen molar-refractivity contribution in [2.45, 2.75) is 32.2 Å². The third-order valence-corrected chi connectivity index (χ3v) is 3.27. The molecule has 1 aliphatic heterocycles. The van der Waals surface area contributed by atoms with E-state index in [1.807, 2.05) is 25.1 Å². The molecule has 1 heterocycles.